The van der Waals surface area contributed by atoms with Gasteiger partial charge in [-0.2, -0.15) is 0 Å². The Labute approximate surface area is 94.6 Å². The Kier molecular flexibility index (Phi) is 18.4. The molecule has 0 aromatic carbocycles. The van der Waals surface area contributed by atoms with Crippen LogP contribution in [0.2, 0.25) is 0 Å². The molecular formula is C9H24Cl2N2. The van der Waals surface area contributed by atoms with Crippen molar-refractivity contribution in [1.82, 2.24) is 0 Å². The highest BCUT2D eigenvalue weighted by Crippen LogP contribution is 2.14. The minimum absolute atomic E-state index is 0. The van der Waals surface area contributed by atoms with Gasteiger partial charge in [-0.15, -0.1) is 24.8 Å². The van der Waals surface area contributed by atoms with Crippen LogP contribution < -0.4 is 11.5 Å². The van der Waals surface area contributed by atoms with Gasteiger partial charge in [0.25, 0.3) is 0 Å². The van der Waals surface area contributed by atoms with Crippen LogP contribution in [0.15, 0.2) is 0 Å². The molecule has 0 saturated heterocycles. The fourth-order valence-corrected chi connectivity index (χ4v) is 1.48. The molecular weight excluding hydrogens is 207 g/mol. The number of rotatable bonds is 6. The van der Waals surface area contributed by atoms with E-state index in [1.54, 1.807) is 0 Å². The van der Waals surface area contributed by atoms with Gasteiger partial charge in [-0.05, 0) is 25.3 Å². The van der Waals surface area contributed by atoms with E-state index in [1.165, 1.54) is 12.8 Å². The molecule has 4 N–H and O–H groups in total. The first-order chi connectivity index (χ1) is 5.26. The Bertz CT molecular complexity index is 87.7. The molecule has 0 heterocycles. The van der Waals surface area contributed by atoms with Crippen LogP contribution in [0.5, 0.6) is 0 Å². The third-order valence-electron chi connectivity index (χ3n) is 2.40. The van der Waals surface area contributed by atoms with E-state index < -0.39 is 0 Å². The minimum Gasteiger partial charge on any atom is -0.330 e. The molecule has 0 spiro atoms. The number of nitrogens with two attached hydrogens (primary N) is 2. The van der Waals surface area contributed by atoms with E-state index in [-0.39, 0.29) is 24.8 Å². The van der Waals surface area contributed by atoms with Crippen LogP contribution in [0.1, 0.15) is 39.5 Å². The van der Waals surface area contributed by atoms with Crippen molar-refractivity contribution < 1.29 is 0 Å². The summed E-state index contributed by atoms with van der Waals surface area (Å²) in [7, 11) is 0. The highest BCUT2D eigenvalue weighted by Gasteiger charge is 2.12. The Morgan fingerprint density at radius 2 is 1.54 bits per heavy atom. The average molecular weight is 231 g/mol. The van der Waals surface area contributed by atoms with Crippen molar-refractivity contribution in [3.8, 4) is 0 Å². The molecule has 84 valence electrons. The third kappa shape index (κ3) is 8.82. The molecule has 4 heteroatoms. The van der Waals surface area contributed by atoms with E-state index in [9.17, 15) is 0 Å². The normalized spacial score (nSPS) is 11.8. The smallest absolute Gasteiger partial charge is 0.00674 e. The standard InChI is InChI=1S/C9H22N2.2ClH/c1-3-8(4-2)9(11)6-5-7-10;;/h8-9H,3-7,10-11H2,1-2H3;2*1H. The fraction of sp³-hybridized carbons (Fsp3) is 1.00. The SMILES string of the molecule is CCC(CC)C(N)CCCN.Cl.Cl. The Balaban J connectivity index is -0.000000500. The molecule has 0 aliphatic carbocycles. The lowest BCUT2D eigenvalue weighted by molar-refractivity contribution is 0.373. The maximum Gasteiger partial charge on any atom is 0.00674 e. The van der Waals surface area contributed by atoms with Crippen molar-refractivity contribution in [2.75, 3.05) is 6.54 Å². The lowest BCUT2D eigenvalue weighted by Crippen LogP contribution is -2.29. The highest BCUT2D eigenvalue weighted by molar-refractivity contribution is 5.85. The molecule has 0 saturated carbocycles. The van der Waals surface area contributed by atoms with Gasteiger partial charge >= 0.3 is 0 Å². The van der Waals surface area contributed by atoms with Gasteiger partial charge in [-0.1, -0.05) is 26.7 Å². The maximum atomic E-state index is 5.97. The first-order valence-electron chi connectivity index (χ1n) is 4.71. The average Bonchev–Trinajstić information content (AvgIpc) is 2.03. The maximum absolute atomic E-state index is 5.97. The van der Waals surface area contributed by atoms with Crippen molar-refractivity contribution in [3.05, 3.63) is 0 Å². The molecule has 0 radical (unpaired) electrons. The van der Waals surface area contributed by atoms with Crippen molar-refractivity contribution in [3.63, 3.8) is 0 Å². The van der Waals surface area contributed by atoms with Crippen LogP contribution in [0.4, 0.5) is 0 Å². The number of hydrogen-bond acceptors (Lipinski definition) is 2. The number of halogens is 2. The minimum atomic E-state index is 0. The van der Waals surface area contributed by atoms with Crippen molar-refractivity contribution in [1.29, 1.82) is 0 Å². The molecule has 2 nitrogen and oxygen atoms in total. The molecule has 1 atom stereocenters. The highest BCUT2D eigenvalue weighted by atomic mass is 35.5. The van der Waals surface area contributed by atoms with Crippen LogP contribution in [-0.2, 0) is 0 Å². The van der Waals surface area contributed by atoms with E-state index in [4.69, 9.17) is 11.5 Å². The van der Waals surface area contributed by atoms with Gasteiger partial charge in [0.05, 0.1) is 0 Å². The summed E-state index contributed by atoms with van der Waals surface area (Å²) in [5.74, 6) is 0.696. The van der Waals surface area contributed by atoms with Gasteiger partial charge in [-0.25, -0.2) is 0 Å². The van der Waals surface area contributed by atoms with E-state index in [0.717, 1.165) is 19.4 Å². The van der Waals surface area contributed by atoms with Crippen LogP contribution in [0.25, 0.3) is 0 Å². The van der Waals surface area contributed by atoms with Gasteiger partial charge in [0, 0.05) is 6.04 Å². The molecule has 0 aliphatic rings. The van der Waals surface area contributed by atoms with E-state index in [1.807, 2.05) is 0 Å². The summed E-state index contributed by atoms with van der Waals surface area (Å²) in [5.41, 5.74) is 11.4. The Morgan fingerprint density at radius 1 is 1.08 bits per heavy atom. The summed E-state index contributed by atoms with van der Waals surface area (Å²) in [6, 6.07) is 0.369. The van der Waals surface area contributed by atoms with Crippen molar-refractivity contribution in [2.45, 2.75) is 45.6 Å². The lowest BCUT2D eigenvalue weighted by atomic mass is 9.92. The van der Waals surface area contributed by atoms with Gasteiger partial charge in [-0.3, -0.25) is 0 Å². The second-order valence-electron chi connectivity index (χ2n) is 3.17. The Hall–Kier alpha value is 0.500. The van der Waals surface area contributed by atoms with Gasteiger partial charge < -0.3 is 11.5 Å². The molecule has 0 rings (SSSR count). The van der Waals surface area contributed by atoms with Gasteiger partial charge in [0.15, 0.2) is 0 Å². The van der Waals surface area contributed by atoms with Gasteiger partial charge in [0.2, 0.25) is 0 Å². The predicted molar refractivity (Wildman–Crippen MR) is 64.8 cm³/mol. The van der Waals surface area contributed by atoms with Crippen molar-refractivity contribution >= 4 is 24.8 Å². The summed E-state index contributed by atoms with van der Waals surface area (Å²) < 4.78 is 0. The van der Waals surface area contributed by atoms with E-state index in [2.05, 4.69) is 13.8 Å². The monoisotopic (exact) mass is 230 g/mol. The summed E-state index contributed by atoms with van der Waals surface area (Å²) in [6.45, 7) is 5.18. The van der Waals surface area contributed by atoms with Crippen LogP contribution in [-0.4, -0.2) is 12.6 Å². The van der Waals surface area contributed by atoms with E-state index >= 15 is 0 Å². The molecule has 1 unspecified atom stereocenters. The predicted octanol–water partition coefficient (Wildman–Crippen LogP) is 2.33. The second kappa shape index (κ2) is 12.5. The topological polar surface area (TPSA) is 52.0 Å². The van der Waals surface area contributed by atoms with E-state index in [0.29, 0.717) is 12.0 Å². The third-order valence-corrected chi connectivity index (χ3v) is 2.40. The first-order valence-corrected chi connectivity index (χ1v) is 4.71. The molecule has 0 aliphatic heterocycles. The first kappa shape index (κ1) is 19.1. The zero-order valence-electron chi connectivity index (χ0n) is 8.66. The molecule has 0 fully saturated rings. The molecule has 0 bridgehead atoms. The summed E-state index contributed by atoms with van der Waals surface area (Å²) >= 11 is 0. The lowest BCUT2D eigenvalue weighted by Gasteiger charge is -2.20. The quantitative estimate of drug-likeness (QED) is 0.737. The molecule has 0 aromatic heterocycles. The fourth-order valence-electron chi connectivity index (χ4n) is 1.48. The summed E-state index contributed by atoms with van der Waals surface area (Å²) in [6.07, 6.45) is 4.55. The second-order valence-corrected chi connectivity index (χ2v) is 3.17. The van der Waals surface area contributed by atoms with Crippen LogP contribution in [0, 0.1) is 5.92 Å². The molecule has 0 amide bonds. The van der Waals surface area contributed by atoms with Crippen LogP contribution in [0.3, 0.4) is 0 Å². The number of hydrogen-bond donors (Lipinski definition) is 2. The van der Waals surface area contributed by atoms with Crippen molar-refractivity contribution in [2.24, 2.45) is 17.4 Å². The summed E-state index contributed by atoms with van der Waals surface area (Å²) in [5, 5.41) is 0. The zero-order chi connectivity index (χ0) is 8.69. The Morgan fingerprint density at radius 3 is 1.85 bits per heavy atom. The van der Waals surface area contributed by atoms with Crippen LogP contribution >= 0.6 is 24.8 Å². The zero-order valence-corrected chi connectivity index (χ0v) is 10.3. The largest absolute Gasteiger partial charge is 0.330 e. The molecule has 0 aromatic rings. The molecule has 13 heavy (non-hydrogen) atoms. The van der Waals surface area contributed by atoms with Gasteiger partial charge in [0.1, 0.15) is 0 Å². The summed E-state index contributed by atoms with van der Waals surface area (Å²) in [4.78, 5) is 0.